The van der Waals surface area contributed by atoms with Gasteiger partial charge in [-0.15, -0.1) is 0 Å². The highest BCUT2D eigenvalue weighted by atomic mass is 32.2. The Kier molecular flexibility index (Phi) is 4.51. The number of methoxy groups -OCH3 is 1. The van der Waals surface area contributed by atoms with Crippen molar-refractivity contribution < 1.29 is 17.9 Å². The van der Waals surface area contributed by atoms with E-state index < -0.39 is 9.84 Å². The number of aryl methyl sites for hydroxylation is 1. The van der Waals surface area contributed by atoms with Crippen LogP contribution >= 0.6 is 0 Å². The Hall–Kier alpha value is -2.34. The Bertz CT molecular complexity index is 813. The molecule has 0 aliphatic carbocycles. The zero-order valence-electron chi connectivity index (χ0n) is 12.6. The average Bonchev–Trinajstić information content (AvgIpc) is 2.48. The van der Waals surface area contributed by atoms with Crippen molar-refractivity contribution in [3.63, 3.8) is 0 Å². The van der Waals surface area contributed by atoms with Gasteiger partial charge in [0.25, 0.3) is 5.91 Å². The van der Waals surface area contributed by atoms with E-state index in [4.69, 9.17) is 4.74 Å². The van der Waals surface area contributed by atoms with Crippen molar-refractivity contribution >= 4 is 21.4 Å². The molecule has 0 bridgehead atoms. The molecule has 2 rings (SSSR count). The first kappa shape index (κ1) is 16.0. The van der Waals surface area contributed by atoms with Crippen LogP contribution in [0.2, 0.25) is 0 Å². The molecular formula is C16H17NO4S. The van der Waals surface area contributed by atoms with E-state index in [1.54, 1.807) is 37.3 Å². The van der Waals surface area contributed by atoms with Crippen molar-refractivity contribution in [3.05, 3.63) is 53.6 Å². The van der Waals surface area contributed by atoms with Crippen LogP contribution in [0.1, 0.15) is 15.9 Å². The van der Waals surface area contributed by atoms with Gasteiger partial charge in [-0.05, 0) is 42.8 Å². The Balaban J connectivity index is 2.29. The molecule has 0 aliphatic heterocycles. The fraction of sp³-hybridized carbons (Fsp3) is 0.188. The number of hydrogen-bond donors (Lipinski definition) is 1. The van der Waals surface area contributed by atoms with E-state index in [0.29, 0.717) is 22.6 Å². The van der Waals surface area contributed by atoms with Crippen LogP contribution in [0.15, 0.2) is 47.4 Å². The Morgan fingerprint density at radius 3 is 2.41 bits per heavy atom. The number of anilines is 1. The molecule has 0 heterocycles. The van der Waals surface area contributed by atoms with E-state index in [1.807, 2.05) is 0 Å². The summed E-state index contributed by atoms with van der Waals surface area (Å²) in [5.41, 5.74) is 1.64. The van der Waals surface area contributed by atoms with Gasteiger partial charge in [-0.25, -0.2) is 8.42 Å². The van der Waals surface area contributed by atoms with Crippen molar-refractivity contribution in [1.29, 1.82) is 0 Å². The summed E-state index contributed by atoms with van der Waals surface area (Å²) in [5, 5.41) is 2.77. The second kappa shape index (κ2) is 6.19. The minimum Gasteiger partial charge on any atom is -0.496 e. The Labute approximate surface area is 129 Å². The van der Waals surface area contributed by atoms with Gasteiger partial charge in [0.15, 0.2) is 9.84 Å². The highest BCUT2D eigenvalue weighted by molar-refractivity contribution is 7.90. The normalized spacial score (nSPS) is 11.0. The van der Waals surface area contributed by atoms with Gasteiger partial charge >= 0.3 is 0 Å². The molecule has 0 fully saturated rings. The largest absolute Gasteiger partial charge is 0.496 e. The fourth-order valence-electron chi connectivity index (χ4n) is 2.03. The molecule has 0 radical (unpaired) electrons. The number of carbonyl (C=O) groups excluding carboxylic acids is 1. The highest BCUT2D eigenvalue weighted by Crippen LogP contribution is 2.23. The number of para-hydroxylation sites is 1. The van der Waals surface area contributed by atoms with E-state index >= 15 is 0 Å². The van der Waals surface area contributed by atoms with Crippen LogP contribution in [0.3, 0.4) is 0 Å². The number of benzene rings is 2. The summed E-state index contributed by atoms with van der Waals surface area (Å²) >= 11 is 0. The highest BCUT2D eigenvalue weighted by Gasteiger charge is 2.14. The lowest BCUT2D eigenvalue weighted by atomic mass is 10.1. The maximum atomic E-state index is 12.3. The third-order valence-electron chi connectivity index (χ3n) is 3.23. The molecule has 0 spiro atoms. The first-order valence-corrected chi connectivity index (χ1v) is 8.47. The van der Waals surface area contributed by atoms with Crippen LogP contribution in [0.4, 0.5) is 5.69 Å². The van der Waals surface area contributed by atoms with E-state index in [2.05, 4.69) is 5.32 Å². The van der Waals surface area contributed by atoms with Crippen molar-refractivity contribution in [2.24, 2.45) is 0 Å². The monoisotopic (exact) mass is 319 g/mol. The van der Waals surface area contributed by atoms with Gasteiger partial charge in [0.05, 0.1) is 17.6 Å². The zero-order valence-corrected chi connectivity index (χ0v) is 13.4. The van der Waals surface area contributed by atoms with Gasteiger partial charge in [-0.2, -0.15) is 0 Å². The average molecular weight is 319 g/mol. The molecule has 0 atom stereocenters. The topological polar surface area (TPSA) is 72.5 Å². The molecule has 22 heavy (non-hydrogen) atoms. The second-order valence-corrected chi connectivity index (χ2v) is 6.92. The van der Waals surface area contributed by atoms with Crippen LogP contribution in [-0.2, 0) is 9.84 Å². The predicted molar refractivity (Wildman–Crippen MR) is 85.2 cm³/mol. The zero-order chi connectivity index (χ0) is 16.3. The Morgan fingerprint density at radius 2 is 1.82 bits per heavy atom. The quantitative estimate of drug-likeness (QED) is 0.940. The number of carbonyl (C=O) groups is 1. The molecule has 0 unspecified atom stereocenters. The molecule has 0 saturated carbocycles. The summed E-state index contributed by atoms with van der Waals surface area (Å²) in [6.45, 7) is 1.74. The maximum Gasteiger partial charge on any atom is 0.259 e. The van der Waals surface area contributed by atoms with Crippen LogP contribution in [0.5, 0.6) is 5.75 Å². The third-order valence-corrected chi connectivity index (χ3v) is 4.34. The smallest absolute Gasteiger partial charge is 0.259 e. The summed E-state index contributed by atoms with van der Waals surface area (Å²) in [6, 6.07) is 11.5. The van der Waals surface area contributed by atoms with E-state index in [1.165, 1.54) is 19.2 Å². The molecule has 2 aromatic rings. The van der Waals surface area contributed by atoms with E-state index in [9.17, 15) is 13.2 Å². The standard InChI is InChI=1S/C16H17NO4S/c1-11-10-12(22(3,19)20)8-9-14(11)17-16(18)13-6-4-5-7-15(13)21-2/h4-10H,1-3H3,(H,17,18). The van der Waals surface area contributed by atoms with Gasteiger partial charge in [0.1, 0.15) is 5.75 Å². The van der Waals surface area contributed by atoms with Crippen molar-refractivity contribution in [1.82, 2.24) is 0 Å². The Morgan fingerprint density at radius 1 is 1.14 bits per heavy atom. The van der Waals surface area contributed by atoms with Gasteiger partial charge < -0.3 is 10.1 Å². The lowest BCUT2D eigenvalue weighted by Crippen LogP contribution is -2.14. The first-order valence-electron chi connectivity index (χ1n) is 6.58. The molecule has 1 N–H and O–H groups in total. The molecule has 1 amide bonds. The van der Waals surface area contributed by atoms with Crippen LogP contribution in [-0.4, -0.2) is 27.7 Å². The first-order chi connectivity index (χ1) is 10.3. The summed E-state index contributed by atoms with van der Waals surface area (Å²) in [4.78, 5) is 12.5. The molecule has 116 valence electrons. The third kappa shape index (κ3) is 3.46. The summed E-state index contributed by atoms with van der Waals surface area (Å²) in [7, 11) is -1.77. The van der Waals surface area contributed by atoms with Crippen molar-refractivity contribution in [3.8, 4) is 5.75 Å². The van der Waals surface area contributed by atoms with Gasteiger partial charge in [-0.1, -0.05) is 12.1 Å². The lowest BCUT2D eigenvalue weighted by Gasteiger charge is -2.11. The number of amides is 1. The lowest BCUT2D eigenvalue weighted by molar-refractivity contribution is 0.102. The van der Waals surface area contributed by atoms with Gasteiger partial charge in [0, 0.05) is 11.9 Å². The van der Waals surface area contributed by atoms with Crippen LogP contribution in [0.25, 0.3) is 0 Å². The van der Waals surface area contributed by atoms with Gasteiger partial charge in [-0.3, -0.25) is 4.79 Å². The minimum atomic E-state index is -3.27. The molecule has 0 aliphatic rings. The number of hydrogen-bond acceptors (Lipinski definition) is 4. The number of rotatable bonds is 4. The van der Waals surface area contributed by atoms with Crippen LogP contribution in [0, 0.1) is 6.92 Å². The summed E-state index contributed by atoms with van der Waals surface area (Å²) in [6.07, 6.45) is 1.15. The molecule has 2 aromatic carbocycles. The molecule has 0 saturated heterocycles. The molecule has 6 heteroatoms. The number of sulfone groups is 1. The fourth-order valence-corrected chi connectivity index (χ4v) is 2.74. The SMILES string of the molecule is COc1ccccc1C(=O)Nc1ccc(S(C)(=O)=O)cc1C. The minimum absolute atomic E-state index is 0.222. The predicted octanol–water partition coefficient (Wildman–Crippen LogP) is 2.66. The summed E-state index contributed by atoms with van der Waals surface area (Å²) in [5.74, 6) is 0.165. The maximum absolute atomic E-state index is 12.3. The van der Waals surface area contributed by atoms with Crippen molar-refractivity contribution in [2.45, 2.75) is 11.8 Å². The van der Waals surface area contributed by atoms with Gasteiger partial charge in [0.2, 0.25) is 0 Å². The van der Waals surface area contributed by atoms with E-state index in [0.717, 1.165) is 6.26 Å². The van der Waals surface area contributed by atoms with Crippen LogP contribution < -0.4 is 10.1 Å². The van der Waals surface area contributed by atoms with E-state index in [-0.39, 0.29) is 10.8 Å². The summed E-state index contributed by atoms with van der Waals surface area (Å²) < 4.78 is 28.2. The molecular weight excluding hydrogens is 302 g/mol. The van der Waals surface area contributed by atoms with Crippen molar-refractivity contribution in [2.75, 3.05) is 18.7 Å². The number of ether oxygens (including phenoxy) is 1. The molecule has 0 aromatic heterocycles. The molecule has 5 nitrogen and oxygen atoms in total. The number of nitrogens with one attached hydrogen (secondary N) is 1. The second-order valence-electron chi connectivity index (χ2n) is 4.90.